The largest absolute Gasteiger partial charge is 0.494 e. The van der Waals surface area contributed by atoms with Crippen molar-refractivity contribution < 1.29 is 9.53 Å². The van der Waals surface area contributed by atoms with E-state index in [1.54, 1.807) is 18.5 Å². The number of carbonyl (C=O) groups excluding carboxylic acids is 1. The van der Waals surface area contributed by atoms with E-state index >= 15 is 0 Å². The van der Waals surface area contributed by atoms with Gasteiger partial charge in [0, 0.05) is 24.6 Å². The fourth-order valence-corrected chi connectivity index (χ4v) is 1.99. The molecule has 5 heteroatoms. The van der Waals surface area contributed by atoms with Crippen molar-refractivity contribution in [3.8, 4) is 5.75 Å². The van der Waals surface area contributed by atoms with E-state index in [0.29, 0.717) is 18.1 Å². The van der Waals surface area contributed by atoms with E-state index in [1.165, 1.54) is 0 Å². The van der Waals surface area contributed by atoms with Crippen LogP contribution in [0.4, 0.5) is 11.4 Å². The highest BCUT2D eigenvalue weighted by atomic mass is 16.5. The van der Waals surface area contributed by atoms with Gasteiger partial charge in [-0.1, -0.05) is 13.8 Å². The van der Waals surface area contributed by atoms with Crippen molar-refractivity contribution in [1.29, 1.82) is 0 Å². The molecule has 0 aliphatic carbocycles. The molecule has 1 heterocycles. The molecule has 1 aromatic carbocycles. The maximum atomic E-state index is 12.3. The van der Waals surface area contributed by atoms with Crippen LogP contribution in [0, 0.1) is 5.92 Å². The second-order valence-corrected chi connectivity index (χ2v) is 5.65. The van der Waals surface area contributed by atoms with Crippen LogP contribution < -0.4 is 15.4 Å². The summed E-state index contributed by atoms with van der Waals surface area (Å²) in [5.41, 5.74) is 2.09. The lowest BCUT2D eigenvalue weighted by atomic mass is 10.2. The first kappa shape index (κ1) is 16.8. The smallest absolute Gasteiger partial charge is 0.257 e. The first-order chi connectivity index (χ1) is 11.1. The molecule has 2 rings (SSSR count). The first-order valence-electron chi connectivity index (χ1n) is 7.81. The second-order valence-electron chi connectivity index (χ2n) is 5.65. The lowest BCUT2D eigenvalue weighted by Crippen LogP contribution is -2.13. The van der Waals surface area contributed by atoms with Gasteiger partial charge in [-0.3, -0.25) is 9.78 Å². The van der Waals surface area contributed by atoms with Crippen molar-refractivity contribution >= 4 is 17.3 Å². The van der Waals surface area contributed by atoms with Gasteiger partial charge in [0.05, 0.1) is 17.9 Å². The lowest BCUT2D eigenvalue weighted by molar-refractivity contribution is 0.102. The summed E-state index contributed by atoms with van der Waals surface area (Å²) in [6.07, 6.45) is 3.28. The third-order valence-corrected chi connectivity index (χ3v) is 3.14. The average molecular weight is 313 g/mol. The molecule has 122 valence electrons. The van der Waals surface area contributed by atoms with E-state index in [4.69, 9.17) is 4.74 Å². The van der Waals surface area contributed by atoms with Gasteiger partial charge in [-0.25, -0.2) is 0 Å². The third-order valence-electron chi connectivity index (χ3n) is 3.14. The SMILES string of the molecule is CCOc1ccc(NC(=O)c2cncc(NCC(C)C)c2)cc1. The number of amides is 1. The fraction of sp³-hybridized carbons (Fsp3) is 0.333. The van der Waals surface area contributed by atoms with Gasteiger partial charge < -0.3 is 15.4 Å². The number of hydrogen-bond acceptors (Lipinski definition) is 4. The van der Waals surface area contributed by atoms with Gasteiger partial charge in [0.1, 0.15) is 5.75 Å². The summed E-state index contributed by atoms with van der Waals surface area (Å²) in [4.78, 5) is 16.4. The van der Waals surface area contributed by atoms with E-state index in [2.05, 4.69) is 29.5 Å². The van der Waals surface area contributed by atoms with Crippen LogP contribution in [0.3, 0.4) is 0 Å². The molecule has 0 unspecified atom stereocenters. The Hall–Kier alpha value is -2.56. The molecular weight excluding hydrogens is 290 g/mol. The quantitative estimate of drug-likeness (QED) is 0.816. The number of anilines is 2. The molecule has 2 N–H and O–H groups in total. The number of benzene rings is 1. The Morgan fingerprint density at radius 3 is 2.57 bits per heavy atom. The number of nitrogens with zero attached hydrogens (tertiary/aromatic N) is 1. The van der Waals surface area contributed by atoms with Crippen LogP contribution in [0.15, 0.2) is 42.7 Å². The monoisotopic (exact) mass is 313 g/mol. The minimum atomic E-state index is -0.185. The van der Waals surface area contributed by atoms with Crippen molar-refractivity contribution in [3.05, 3.63) is 48.3 Å². The van der Waals surface area contributed by atoms with Crippen LogP contribution >= 0.6 is 0 Å². The summed E-state index contributed by atoms with van der Waals surface area (Å²) >= 11 is 0. The Morgan fingerprint density at radius 2 is 1.91 bits per heavy atom. The van der Waals surface area contributed by atoms with Gasteiger partial charge in [-0.05, 0) is 43.2 Å². The summed E-state index contributed by atoms with van der Waals surface area (Å²) < 4.78 is 5.38. The van der Waals surface area contributed by atoms with Gasteiger partial charge in [0.2, 0.25) is 0 Å². The molecule has 0 spiro atoms. The van der Waals surface area contributed by atoms with E-state index in [0.717, 1.165) is 23.7 Å². The van der Waals surface area contributed by atoms with Crippen molar-refractivity contribution in [3.63, 3.8) is 0 Å². The van der Waals surface area contributed by atoms with Gasteiger partial charge in [0.15, 0.2) is 0 Å². The Labute approximate surface area is 137 Å². The van der Waals surface area contributed by atoms with Crippen LogP contribution in [0.25, 0.3) is 0 Å². The van der Waals surface area contributed by atoms with Crippen LogP contribution in [0.5, 0.6) is 5.75 Å². The van der Waals surface area contributed by atoms with Crippen LogP contribution in [-0.4, -0.2) is 24.0 Å². The summed E-state index contributed by atoms with van der Waals surface area (Å²) in [5, 5.41) is 6.12. The van der Waals surface area contributed by atoms with Crippen LogP contribution in [0.2, 0.25) is 0 Å². The highest BCUT2D eigenvalue weighted by Gasteiger charge is 2.08. The van der Waals surface area contributed by atoms with Crippen molar-refractivity contribution in [1.82, 2.24) is 4.98 Å². The number of nitrogens with one attached hydrogen (secondary N) is 2. The highest BCUT2D eigenvalue weighted by Crippen LogP contribution is 2.17. The number of rotatable bonds is 7. The van der Waals surface area contributed by atoms with Gasteiger partial charge in [-0.2, -0.15) is 0 Å². The zero-order valence-electron chi connectivity index (χ0n) is 13.8. The molecule has 1 amide bonds. The maximum absolute atomic E-state index is 12.3. The molecule has 0 bridgehead atoms. The van der Waals surface area contributed by atoms with Gasteiger partial charge in [-0.15, -0.1) is 0 Å². The molecule has 23 heavy (non-hydrogen) atoms. The predicted octanol–water partition coefficient (Wildman–Crippen LogP) is 3.80. The minimum absolute atomic E-state index is 0.185. The van der Waals surface area contributed by atoms with Crippen molar-refractivity contribution in [2.24, 2.45) is 5.92 Å². The van der Waals surface area contributed by atoms with Crippen molar-refractivity contribution in [2.75, 3.05) is 23.8 Å². The molecule has 0 saturated carbocycles. The molecule has 5 nitrogen and oxygen atoms in total. The Balaban J connectivity index is 2.01. The van der Waals surface area contributed by atoms with E-state index in [1.807, 2.05) is 31.2 Å². The molecule has 0 aliphatic heterocycles. The molecule has 0 fully saturated rings. The fourth-order valence-electron chi connectivity index (χ4n) is 1.99. The zero-order valence-corrected chi connectivity index (χ0v) is 13.8. The first-order valence-corrected chi connectivity index (χ1v) is 7.81. The molecule has 2 aromatic rings. The topological polar surface area (TPSA) is 63.2 Å². The molecule has 0 saturated heterocycles. The van der Waals surface area contributed by atoms with Gasteiger partial charge in [0.25, 0.3) is 5.91 Å². The number of ether oxygens (including phenoxy) is 1. The second kappa shape index (κ2) is 8.17. The standard InChI is InChI=1S/C18H23N3O2/c1-4-23-17-7-5-15(6-8-17)21-18(22)14-9-16(12-19-11-14)20-10-13(2)3/h5-9,11-13,20H,4,10H2,1-3H3,(H,21,22). The average Bonchev–Trinajstić information content (AvgIpc) is 2.55. The minimum Gasteiger partial charge on any atom is -0.494 e. The molecule has 0 aliphatic rings. The Kier molecular flexibility index (Phi) is 5.97. The van der Waals surface area contributed by atoms with Crippen molar-refractivity contribution in [2.45, 2.75) is 20.8 Å². The Morgan fingerprint density at radius 1 is 1.17 bits per heavy atom. The maximum Gasteiger partial charge on any atom is 0.257 e. The lowest BCUT2D eigenvalue weighted by Gasteiger charge is -2.10. The predicted molar refractivity (Wildman–Crippen MR) is 93.1 cm³/mol. The Bertz CT molecular complexity index is 639. The third kappa shape index (κ3) is 5.29. The molecular formula is C18H23N3O2. The van der Waals surface area contributed by atoms with Crippen LogP contribution in [0.1, 0.15) is 31.1 Å². The van der Waals surface area contributed by atoms with Crippen LogP contribution in [-0.2, 0) is 0 Å². The van der Waals surface area contributed by atoms with E-state index in [9.17, 15) is 4.79 Å². The summed E-state index contributed by atoms with van der Waals surface area (Å²) in [6, 6.07) is 9.10. The molecule has 0 radical (unpaired) electrons. The number of aromatic nitrogens is 1. The normalized spacial score (nSPS) is 10.4. The van der Waals surface area contributed by atoms with E-state index in [-0.39, 0.29) is 5.91 Å². The highest BCUT2D eigenvalue weighted by molar-refractivity contribution is 6.04. The number of carbonyl (C=O) groups is 1. The summed E-state index contributed by atoms with van der Waals surface area (Å²) in [5.74, 6) is 1.12. The number of pyridine rings is 1. The summed E-state index contributed by atoms with van der Waals surface area (Å²) in [7, 11) is 0. The molecule has 1 aromatic heterocycles. The molecule has 0 atom stereocenters. The van der Waals surface area contributed by atoms with E-state index < -0.39 is 0 Å². The van der Waals surface area contributed by atoms with Gasteiger partial charge >= 0.3 is 0 Å². The zero-order chi connectivity index (χ0) is 16.7. The summed E-state index contributed by atoms with van der Waals surface area (Å²) in [6.45, 7) is 7.65. The number of hydrogen-bond donors (Lipinski definition) is 2.